The van der Waals surface area contributed by atoms with Crippen molar-refractivity contribution in [2.75, 3.05) is 32.7 Å². The number of esters is 1. The average Bonchev–Trinajstić information content (AvgIpc) is 3.28. The highest BCUT2D eigenvalue weighted by molar-refractivity contribution is 6.41. The number of nitrogens with one attached hydrogen (secondary N) is 2. The molecule has 2 heterocycles. The van der Waals surface area contributed by atoms with Gasteiger partial charge in [0.15, 0.2) is 0 Å². The maximum atomic E-state index is 11.9. The van der Waals surface area contributed by atoms with E-state index < -0.39 is 0 Å². The minimum absolute atomic E-state index is 0.0259. The van der Waals surface area contributed by atoms with E-state index in [1.54, 1.807) is 19.2 Å². The number of methoxy groups -OCH3 is 2. The lowest BCUT2D eigenvalue weighted by Gasteiger charge is -2.15. The Morgan fingerprint density at radius 3 is 2.58 bits per heavy atom. The van der Waals surface area contributed by atoms with E-state index in [1.165, 1.54) is 14.2 Å². The summed E-state index contributed by atoms with van der Waals surface area (Å²) in [6.45, 7) is 2.78. The number of anilines is 1. The number of ether oxygens (including phenoxy) is 3. The molecule has 2 aromatic carbocycles. The van der Waals surface area contributed by atoms with Gasteiger partial charge in [-0.25, -0.2) is 9.97 Å². The maximum Gasteiger partial charge on any atom is 0.323 e. The normalized spacial score (nSPS) is 17.7. The fraction of sp³-hybridized carbons (Fsp3) is 0.348. The van der Waals surface area contributed by atoms with Crippen molar-refractivity contribution in [2.45, 2.75) is 25.4 Å². The van der Waals surface area contributed by atoms with Crippen LogP contribution in [0.25, 0.3) is 22.0 Å². The standard InChI is InChI=1S/C23H24Cl2N4O4/c1-4-33-22(30)16-8-14(11-26-16)28-23-27-10-13-7-12(5-6-15(13)29-23)19-20(24)17(31-2)9-18(32-3)21(19)25/h5-7,9-10,14,16,26H,4,8,11H2,1-3H3,(H,27,28,29)/t14-,16-/m0/s1. The highest BCUT2D eigenvalue weighted by Crippen LogP contribution is 2.46. The zero-order valence-corrected chi connectivity index (χ0v) is 20.0. The predicted molar refractivity (Wildman–Crippen MR) is 129 cm³/mol. The Morgan fingerprint density at radius 2 is 1.91 bits per heavy atom. The molecule has 0 radical (unpaired) electrons. The van der Waals surface area contributed by atoms with Crippen LogP contribution in [0.4, 0.5) is 5.95 Å². The summed E-state index contributed by atoms with van der Waals surface area (Å²) in [5.74, 6) is 1.19. The fourth-order valence-corrected chi connectivity index (χ4v) is 4.57. The van der Waals surface area contributed by atoms with Gasteiger partial charge in [0.25, 0.3) is 0 Å². The summed E-state index contributed by atoms with van der Waals surface area (Å²) in [6, 6.07) is 7.04. The van der Waals surface area contributed by atoms with Crippen molar-refractivity contribution in [3.05, 3.63) is 40.5 Å². The van der Waals surface area contributed by atoms with Crippen molar-refractivity contribution in [2.24, 2.45) is 0 Å². The van der Waals surface area contributed by atoms with Gasteiger partial charge in [0.05, 0.1) is 36.4 Å². The van der Waals surface area contributed by atoms with Crippen LogP contribution in [0.1, 0.15) is 13.3 Å². The van der Waals surface area contributed by atoms with Gasteiger partial charge in [-0.2, -0.15) is 0 Å². The molecule has 174 valence electrons. The lowest BCUT2D eigenvalue weighted by molar-refractivity contribution is -0.145. The van der Waals surface area contributed by atoms with Crippen molar-refractivity contribution in [3.8, 4) is 22.6 Å². The molecule has 2 N–H and O–H groups in total. The lowest BCUT2D eigenvalue weighted by Crippen LogP contribution is -2.32. The van der Waals surface area contributed by atoms with Crippen molar-refractivity contribution < 1.29 is 19.0 Å². The van der Waals surface area contributed by atoms with Gasteiger partial charge in [-0.05, 0) is 31.0 Å². The molecule has 4 rings (SSSR count). The molecule has 1 saturated heterocycles. The summed E-state index contributed by atoms with van der Waals surface area (Å²) in [6.07, 6.45) is 2.34. The van der Waals surface area contributed by atoms with Crippen LogP contribution in [-0.4, -0.2) is 55.4 Å². The first kappa shape index (κ1) is 23.4. The Bertz CT molecular complexity index is 1160. The van der Waals surface area contributed by atoms with Gasteiger partial charge in [0.1, 0.15) is 17.5 Å². The summed E-state index contributed by atoms with van der Waals surface area (Å²) in [7, 11) is 3.08. The number of carbonyl (C=O) groups is 1. The van der Waals surface area contributed by atoms with Gasteiger partial charge in [-0.3, -0.25) is 4.79 Å². The Labute approximate surface area is 201 Å². The molecule has 1 aromatic heterocycles. The van der Waals surface area contributed by atoms with E-state index in [-0.39, 0.29) is 18.1 Å². The Morgan fingerprint density at radius 1 is 1.18 bits per heavy atom. The van der Waals surface area contributed by atoms with Crippen LogP contribution in [0.2, 0.25) is 10.0 Å². The first-order valence-corrected chi connectivity index (χ1v) is 11.2. The lowest BCUT2D eigenvalue weighted by atomic mass is 10.0. The van der Waals surface area contributed by atoms with E-state index in [9.17, 15) is 4.79 Å². The number of hydrogen-bond acceptors (Lipinski definition) is 8. The minimum Gasteiger partial charge on any atom is -0.495 e. The molecule has 0 saturated carbocycles. The molecule has 0 amide bonds. The van der Waals surface area contributed by atoms with Gasteiger partial charge in [-0.15, -0.1) is 0 Å². The third kappa shape index (κ3) is 4.78. The monoisotopic (exact) mass is 490 g/mol. The van der Waals surface area contributed by atoms with Crippen LogP contribution in [-0.2, 0) is 9.53 Å². The second-order valence-corrected chi connectivity index (χ2v) is 8.30. The number of fused-ring (bicyclic) bond motifs is 1. The van der Waals surface area contributed by atoms with E-state index in [4.69, 9.17) is 37.4 Å². The number of rotatable bonds is 7. The van der Waals surface area contributed by atoms with Crippen LogP contribution < -0.4 is 20.1 Å². The predicted octanol–water partition coefficient (Wildman–Crippen LogP) is 4.33. The van der Waals surface area contributed by atoms with Crippen molar-refractivity contribution in [1.29, 1.82) is 0 Å². The van der Waals surface area contributed by atoms with E-state index in [0.29, 0.717) is 52.6 Å². The highest BCUT2D eigenvalue weighted by Gasteiger charge is 2.30. The molecular formula is C23H24Cl2N4O4. The summed E-state index contributed by atoms with van der Waals surface area (Å²) in [5.41, 5.74) is 2.16. The topological polar surface area (TPSA) is 94.6 Å². The molecule has 1 aliphatic rings. The van der Waals surface area contributed by atoms with Crippen LogP contribution in [0.15, 0.2) is 30.5 Å². The molecule has 2 atom stereocenters. The van der Waals surface area contributed by atoms with Gasteiger partial charge < -0.3 is 24.8 Å². The molecule has 10 heteroatoms. The molecule has 0 unspecified atom stereocenters. The number of benzene rings is 2. The summed E-state index contributed by atoms with van der Waals surface area (Å²) in [5, 5.41) is 8.06. The number of halogens is 2. The van der Waals surface area contributed by atoms with Crippen LogP contribution in [0, 0.1) is 0 Å². The second-order valence-electron chi connectivity index (χ2n) is 7.54. The highest BCUT2D eigenvalue weighted by atomic mass is 35.5. The average molecular weight is 491 g/mol. The van der Waals surface area contributed by atoms with E-state index >= 15 is 0 Å². The summed E-state index contributed by atoms with van der Waals surface area (Å²) >= 11 is 13.1. The quantitative estimate of drug-likeness (QED) is 0.472. The molecule has 0 bridgehead atoms. The van der Waals surface area contributed by atoms with Crippen molar-refractivity contribution >= 4 is 46.0 Å². The molecule has 0 aliphatic carbocycles. The first-order valence-electron chi connectivity index (χ1n) is 10.5. The largest absolute Gasteiger partial charge is 0.495 e. The molecule has 0 spiro atoms. The zero-order valence-electron chi connectivity index (χ0n) is 18.4. The molecular weight excluding hydrogens is 467 g/mol. The van der Waals surface area contributed by atoms with E-state index in [1.807, 2.05) is 18.2 Å². The van der Waals surface area contributed by atoms with E-state index in [2.05, 4.69) is 20.6 Å². The third-order valence-electron chi connectivity index (χ3n) is 5.48. The summed E-state index contributed by atoms with van der Waals surface area (Å²) < 4.78 is 15.8. The van der Waals surface area contributed by atoms with Crippen LogP contribution >= 0.6 is 23.2 Å². The maximum absolute atomic E-state index is 11.9. The number of hydrogen-bond donors (Lipinski definition) is 2. The molecule has 1 aliphatic heterocycles. The Kier molecular flexibility index (Phi) is 7.07. The summed E-state index contributed by atoms with van der Waals surface area (Å²) in [4.78, 5) is 21.0. The zero-order chi connectivity index (χ0) is 23.5. The smallest absolute Gasteiger partial charge is 0.323 e. The fourth-order valence-electron chi connectivity index (χ4n) is 3.85. The molecule has 33 heavy (non-hydrogen) atoms. The van der Waals surface area contributed by atoms with Gasteiger partial charge in [0.2, 0.25) is 5.95 Å². The van der Waals surface area contributed by atoms with Crippen molar-refractivity contribution in [3.63, 3.8) is 0 Å². The first-order chi connectivity index (χ1) is 15.9. The minimum atomic E-state index is -0.320. The Hall–Kier alpha value is -2.81. The molecule has 1 fully saturated rings. The van der Waals surface area contributed by atoms with Crippen LogP contribution in [0.5, 0.6) is 11.5 Å². The number of aromatic nitrogens is 2. The number of nitrogens with zero attached hydrogens (tertiary/aromatic N) is 2. The second kappa shape index (κ2) is 9.99. The third-order valence-corrected chi connectivity index (χ3v) is 6.23. The van der Waals surface area contributed by atoms with Gasteiger partial charge in [-0.1, -0.05) is 29.3 Å². The van der Waals surface area contributed by atoms with Crippen molar-refractivity contribution in [1.82, 2.24) is 15.3 Å². The van der Waals surface area contributed by atoms with E-state index in [0.717, 1.165) is 16.5 Å². The van der Waals surface area contributed by atoms with Gasteiger partial charge in [0, 0.05) is 35.8 Å². The molecule has 3 aromatic rings. The Balaban J connectivity index is 1.58. The number of carbonyl (C=O) groups excluding carboxylic acids is 1. The molecule has 8 nitrogen and oxygen atoms in total. The van der Waals surface area contributed by atoms with Gasteiger partial charge >= 0.3 is 5.97 Å². The SMILES string of the molecule is CCOC(=O)[C@@H]1C[C@H](Nc2ncc3cc(-c4c(Cl)c(OC)cc(OC)c4Cl)ccc3n2)CN1. The van der Waals surface area contributed by atoms with Crippen LogP contribution in [0.3, 0.4) is 0 Å².